The van der Waals surface area contributed by atoms with Crippen molar-refractivity contribution in [2.75, 3.05) is 18.0 Å². The minimum absolute atomic E-state index is 0.0167. The highest BCUT2D eigenvalue weighted by molar-refractivity contribution is 7.18. The summed E-state index contributed by atoms with van der Waals surface area (Å²) in [4.78, 5) is 26.9. The smallest absolute Gasteiger partial charge is 0.341 e. The van der Waals surface area contributed by atoms with E-state index in [2.05, 4.69) is 4.98 Å². The van der Waals surface area contributed by atoms with Crippen molar-refractivity contribution >= 4 is 27.3 Å². The molecular formula is C8H9N3O3S. The van der Waals surface area contributed by atoms with E-state index in [1.165, 1.54) is 6.20 Å². The van der Waals surface area contributed by atoms with Gasteiger partial charge >= 0.3 is 5.00 Å². The quantitative estimate of drug-likeness (QED) is 0.560. The summed E-state index contributed by atoms with van der Waals surface area (Å²) in [6.45, 7) is 1.07. The Labute approximate surface area is 89.7 Å². The van der Waals surface area contributed by atoms with Crippen molar-refractivity contribution in [3.63, 3.8) is 0 Å². The summed E-state index contributed by atoms with van der Waals surface area (Å²) in [6, 6.07) is 0. The van der Waals surface area contributed by atoms with Crippen LogP contribution in [0.15, 0.2) is 6.20 Å². The van der Waals surface area contributed by atoms with E-state index in [1.54, 1.807) is 4.90 Å². The second-order valence-corrected chi connectivity index (χ2v) is 4.29. The Morgan fingerprint density at radius 1 is 1.60 bits per heavy atom. The Balaban J connectivity index is 2.14. The van der Waals surface area contributed by atoms with Crippen molar-refractivity contribution in [3.8, 4) is 0 Å². The lowest BCUT2D eigenvalue weighted by molar-refractivity contribution is -0.380. The molecule has 2 rings (SSSR count). The van der Waals surface area contributed by atoms with Gasteiger partial charge in [0.05, 0.1) is 11.5 Å². The van der Waals surface area contributed by atoms with E-state index < -0.39 is 4.92 Å². The molecule has 0 aromatic carbocycles. The standard InChI is InChI=1S/C8H9N3O3S/c12-6-2-1-3-10(5-6)8-9-4-7(15-8)11(13)14/h4H,1-3,5H2. The molecule has 0 N–H and O–H groups in total. The fourth-order valence-electron chi connectivity index (χ4n) is 1.49. The molecule has 0 bridgehead atoms. The molecule has 0 amide bonds. The molecule has 80 valence electrons. The molecule has 1 aliphatic rings. The lowest BCUT2D eigenvalue weighted by Crippen LogP contribution is -2.35. The number of aromatic nitrogens is 1. The molecule has 15 heavy (non-hydrogen) atoms. The normalized spacial score (nSPS) is 16.8. The summed E-state index contributed by atoms with van der Waals surface area (Å²) in [6.07, 6.45) is 2.63. The number of nitro groups is 1. The number of hydrogen-bond acceptors (Lipinski definition) is 6. The van der Waals surface area contributed by atoms with E-state index in [1.807, 2.05) is 0 Å². The zero-order chi connectivity index (χ0) is 10.8. The Kier molecular flexibility index (Phi) is 2.63. The van der Waals surface area contributed by atoms with Crippen LogP contribution in [-0.2, 0) is 4.79 Å². The third kappa shape index (κ3) is 2.12. The minimum atomic E-state index is -0.465. The number of hydrogen-bond donors (Lipinski definition) is 0. The Bertz CT molecular complexity index is 404. The summed E-state index contributed by atoms with van der Waals surface area (Å²) in [5.74, 6) is 0.166. The molecule has 0 aliphatic carbocycles. The summed E-state index contributed by atoms with van der Waals surface area (Å²) in [5, 5.41) is 11.0. The highest BCUT2D eigenvalue weighted by Crippen LogP contribution is 2.29. The molecule has 0 saturated carbocycles. The zero-order valence-corrected chi connectivity index (χ0v) is 8.70. The number of Topliss-reactive ketones (excluding diaryl/α,β-unsaturated/α-hetero) is 1. The first-order valence-corrected chi connectivity index (χ1v) is 5.35. The molecule has 0 atom stereocenters. The molecule has 1 saturated heterocycles. The molecule has 6 nitrogen and oxygen atoms in total. The van der Waals surface area contributed by atoms with E-state index in [9.17, 15) is 14.9 Å². The Morgan fingerprint density at radius 2 is 2.40 bits per heavy atom. The largest absolute Gasteiger partial charge is 0.345 e. The maximum atomic E-state index is 11.2. The number of ketones is 1. The van der Waals surface area contributed by atoms with Crippen molar-refractivity contribution in [2.24, 2.45) is 0 Å². The third-order valence-electron chi connectivity index (χ3n) is 2.18. The SMILES string of the molecule is O=C1CCCN(c2ncc([N+](=O)[O-])s2)C1. The van der Waals surface area contributed by atoms with E-state index in [0.29, 0.717) is 18.1 Å². The average molecular weight is 227 g/mol. The van der Waals surface area contributed by atoms with Crippen molar-refractivity contribution in [1.82, 2.24) is 4.98 Å². The molecule has 0 radical (unpaired) electrons. The van der Waals surface area contributed by atoms with Gasteiger partial charge < -0.3 is 4.90 Å². The summed E-state index contributed by atoms with van der Waals surface area (Å²) in [7, 11) is 0. The number of carbonyl (C=O) groups is 1. The van der Waals surface area contributed by atoms with Crippen LogP contribution in [0.1, 0.15) is 12.8 Å². The summed E-state index contributed by atoms with van der Waals surface area (Å²) < 4.78 is 0. The van der Waals surface area contributed by atoms with Crippen molar-refractivity contribution in [1.29, 1.82) is 0 Å². The molecule has 0 unspecified atom stereocenters. The Morgan fingerprint density at radius 3 is 3.00 bits per heavy atom. The number of thiazole rings is 1. The van der Waals surface area contributed by atoms with Gasteiger partial charge in [0.15, 0.2) is 10.9 Å². The lowest BCUT2D eigenvalue weighted by Gasteiger charge is -2.24. The van der Waals surface area contributed by atoms with Crippen molar-refractivity contribution in [3.05, 3.63) is 16.3 Å². The van der Waals surface area contributed by atoms with E-state index in [0.717, 1.165) is 24.3 Å². The number of carbonyl (C=O) groups excluding carboxylic acids is 1. The van der Waals surface area contributed by atoms with Crippen LogP contribution in [0.25, 0.3) is 0 Å². The molecule has 1 aliphatic heterocycles. The van der Waals surface area contributed by atoms with Crippen molar-refractivity contribution < 1.29 is 9.72 Å². The van der Waals surface area contributed by atoms with Crippen LogP contribution in [0.2, 0.25) is 0 Å². The van der Waals surface area contributed by atoms with Gasteiger partial charge in [-0.3, -0.25) is 14.9 Å². The number of anilines is 1. The molecular weight excluding hydrogens is 218 g/mol. The van der Waals surface area contributed by atoms with E-state index in [-0.39, 0.29) is 10.8 Å². The third-order valence-corrected chi connectivity index (χ3v) is 3.19. The number of nitrogens with zero attached hydrogens (tertiary/aromatic N) is 3. The summed E-state index contributed by atoms with van der Waals surface area (Å²) in [5.41, 5.74) is 0. The van der Waals surface area contributed by atoms with Gasteiger partial charge in [-0.25, -0.2) is 4.98 Å². The first kappa shape index (κ1) is 10.0. The van der Waals surface area contributed by atoms with Crippen LogP contribution in [0.3, 0.4) is 0 Å². The molecule has 0 spiro atoms. The van der Waals surface area contributed by atoms with Gasteiger partial charge in [0.25, 0.3) is 0 Å². The Hall–Kier alpha value is -1.50. The number of piperidine rings is 1. The fraction of sp³-hybridized carbons (Fsp3) is 0.500. The maximum Gasteiger partial charge on any atom is 0.345 e. The minimum Gasteiger partial charge on any atom is -0.341 e. The maximum absolute atomic E-state index is 11.2. The zero-order valence-electron chi connectivity index (χ0n) is 7.88. The highest BCUT2D eigenvalue weighted by atomic mass is 32.1. The first-order chi connectivity index (χ1) is 7.16. The van der Waals surface area contributed by atoms with Gasteiger partial charge in [-0.2, -0.15) is 0 Å². The van der Waals surface area contributed by atoms with Crippen LogP contribution in [0, 0.1) is 10.1 Å². The second-order valence-electron chi connectivity index (χ2n) is 3.30. The highest BCUT2D eigenvalue weighted by Gasteiger charge is 2.21. The monoisotopic (exact) mass is 227 g/mol. The predicted molar refractivity (Wildman–Crippen MR) is 55.2 cm³/mol. The molecule has 1 fully saturated rings. The average Bonchev–Trinajstić information content (AvgIpc) is 2.66. The van der Waals surface area contributed by atoms with E-state index in [4.69, 9.17) is 0 Å². The fourth-order valence-corrected chi connectivity index (χ4v) is 2.25. The van der Waals surface area contributed by atoms with E-state index >= 15 is 0 Å². The summed E-state index contributed by atoms with van der Waals surface area (Å²) >= 11 is 1.01. The van der Waals surface area contributed by atoms with Crippen LogP contribution >= 0.6 is 11.3 Å². The van der Waals surface area contributed by atoms with Gasteiger partial charge in [0.2, 0.25) is 0 Å². The predicted octanol–water partition coefficient (Wildman–Crippen LogP) is 1.22. The van der Waals surface area contributed by atoms with Crippen molar-refractivity contribution in [2.45, 2.75) is 12.8 Å². The van der Waals surface area contributed by atoms with Gasteiger partial charge in [0.1, 0.15) is 6.20 Å². The van der Waals surface area contributed by atoms with Crippen LogP contribution in [0.4, 0.5) is 10.1 Å². The molecule has 1 aromatic heterocycles. The van der Waals surface area contributed by atoms with Crippen LogP contribution < -0.4 is 4.90 Å². The topological polar surface area (TPSA) is 76.3 Å². The first-order valence-electron chi connectivity index (χ1n) is 4.53. The molecule has 2 heterocycles. The van der Waals surface area contributed by atoms with Crippen LogP contribution in [0.5, 0.6) is 0 Å². The number of rotatable bonds is 2. The van der Waals surface area contributed by atoms with Gasteiger partial charge in [-0.1, -0.05) is 0 Å². The molecule has 1 aromatic rings. The van der Waals surface area contributed by atoms with Gasteiger partial charge in [-0.05, 0) is 17.8 Å². The van der Waals surface area contributed by atoms with Gasteiger partial charge in [0, 0.05) is 13.0 Å². The second kappa shape index (κ2) is 3.93. The van der Waals surface area contributed by atoms with Crippen LogP contribution in [-0.4, -0.2) is 28.8 Å². The molecule has 7 heteroatoms. The lowest BCUT2D eigenvalue weighted by atomic mass is 10.1. The van der Waals surface area contributed by atoms with Gasteiger partial charge in [-0.15, -0.1) is 0 Å².